The fourth-order valence-electron chi connectivity index (χ4n) is 2.32. The van der Waals surface area contributed by atoms with Crippen molar-refractivity contribution in [2.24, 2.45) is 0 Å². The number of anilines is 1. The first-order chi connectivity index (χ1) is 10.0. The van der Waals surface area contributed by atoms with Gasteiger partial charge in [0.25, 0.3) is 5.69 Å². The lowest BCUT2D eigenvalue weighted by molar-refractivity contribution is -0.385. The van der Waals surface area contributed by atoms with E-state index in [0.29, 0.717) is 11.1 Å². The second-order valence-corrected chi connectivity index (χ2v) is 5.31. The monoisotopic (exact) mass is 324 g/mol. The van der Waals surface area contributed by atoms with Crippen LogP contribution in [0.4, 0.5) is 11.4 Å². The molecule has 7 heteroatoms. The van der Waals surface area contributed by atoms with Crippen molar-refractivity contribution in [1.29, 1.82) is 0 Å². The third-order valence-electron chi connectivity index (χ3n) is 3.43. The average molecular weight is 325 g/mol. The summed E-state index contributed by atoms with van der Waals surface area (Å²) in [6.45, 7) is 3.61. The summed E-state index contributed by atoms with van der Waals surface area (Å²) in [5.41, 5.74) is 2.37. The number of hydrogen-bond donors (Lipinski definition) is 1. The number of pyridine rings is 1. The Labute approximate surface area is 136 Å². The van der Waals surface area contributed by atoms with Crippen molar-refractivity contribution in [1.82, 2.24) is 9.88 Å². The molecular weight excluding hydrogens is 304 g/mol. The molecule has 0 radical (unpaired) electrons. The highest BCUT2D eigenvalue weighted by Gasteiger charge is 2.15. The largest absolute Gasteiger partial charge is 0.384 e. The summed E-state index contributed by atoms with van der Waals surface area (Å²) < 4.78 is 0. The Morgan fingerprint density at radius 1 is 1.32 bits per heavy atom. The molecule has 2 aromatic rings. The lowest BCUT2D eigenvalue weighted by Gasteiger charge is -2.12. The highest BCUT2D eigenvalue weighted by atomic mass is 35.5. The van der Waals surface area contributed by atoms with Gasteiger partial charge in [-0.15, -0.1) is 12.4 Å². The molecule has 120 valence electrons. The van der Waals surface area contributed by atoms with E-state index in [2.05, 4.69) is 15.2 Å². The third kappa shape index (κ3) is 4.05. The Morgan fingerprint density at radius 3 is 2.68 bits per heavy atom. The van der Waals surface area contributed by atoms with Gasteiger partial charge >= 0.3 is 0 Å². The fraction of sp³-hybridized carbons (Fsp3) is 0.400. The average Bonchev–Trinajstić information content (AvgIpc) is 2.43. The molecule has 0 fully saturated rings. The van der Waals surface area contributed by atoms with Crippen LogP contribution in [0.25, 0.3) is 10.9 Å². The molecule has 0 spiro atoms. The second kappa shape index (κ2) is 7.91. The molecule has 1 N–H and O–H groups in total. The first-order valence-electron chi connectivity index (χ1n) is 6.92. The van der Waals surface area contributed by atoms with Crippen LogP contribution in [0.15, 0.2) is 24.4 Å². The van der Waals surface area contributed by atoms with Crippen LogP contribution >= 0.6 is 12.4 Å². The highest BCUT2D eigenvalue weighted by molar-refractivity contribution is 5.94. The van der Waals surface area contributed by atoms with Crippen molar-refractivity contribution in [2.75, 3.05) is 32.5 Å². The quantitative estimate of drug-likeness (QED) is 0.502. The van der Waals surface area contributed by atoms with E-state index in [1.165, 1.54) is 0 Å². The van der Waals surface area contributed by atoms with Gasteiger partial charge in [0, 0.05) is 29.9 Å². The fourth-order valence-corrected chi connectivity index (χ4v) is 2.32. The molecule has 0 aliphatic heterocycles. The van der Waals surface area contributed by atoms with E-state index in [-0.39, 0.29) is 23.0 Å². The van der Waals surface area contributed by atoms with Crippen molar-refractivity contribution in [3.05, 3.63) is 40.1 Å². The molecule has 0 saturated heterocycles. The molecule has 0 bridgehead atoms. The number of nitrogens with zero attached hydrogens (tertiary/aromatic N) is 3. The Bertz CT molecular complexity index is 661. The summed E-state index contributed by atoms with van der Waals surface area (Å²) in [7, 11) is 4.09. The zero-order valence-corrected chi connectivity index (χ0v) is 13.8. The van der Waals surface area contributed by atoms with E-state index in [9.17, 15) is 10.1 Å². The predicted octanol–water partition coefficient (Wildman–Crippen LogP) is 3.24. The number of nitro benzene ring substituents is 1. The van der Waals surface area contributed by atoms with E-state index < -0.39 is 0 Å². The van der Waals surface area contributed by atoms with Crippen LogP contribution in [0.3, 0.4) is 0 Å². The van der Waals surface area contributed by atoms with Crippen LogP contribution in [0.2, 0.25) is 0 Å². The number of nitrogens with one attached hydrogen (secondary N) is 1. The summed E-state index contributed by atoms with van der Waals surface area (Å²) in [5, 5.41) is 15.3. The molecule has 0 unspecified atom stereocenters. The maximum absolute atomic E-state index is 11.0. The molecule has 2 rings (SSSR count). The van der Waals surface area contributed by atoms with Gasteiger partial charge in [-0.2, -0.15) is 0 Å². The molecule has 0 saturated carbocycles. The summed E-state index contributed by atoms with van der Waals surface area (Å²) in [6, 6.07) is 5.22. The van der Waals surface area contributed by atoms with E-state index >= 15 is 0 Å². The van der Waals surface area contributed by atoms with Gasteiger partial charge in [-0.25, -0.2) is 0 Å². The number of benzene rings is 1. The molecule has 6 nitrogen and oxygen atoms in total. The van der Waals surface area contributed by atoms with Gasteiger partial charge in [-0.3, -0.25) is 15.1 Å². The molecule has 0 aliphatic carbocycles. The molecule has 1 heterocycles. The highest BCUT2D eigenvalue weighted by Crippen LogP contribution is 2.29. The van der Waals surface area contributed by atoms with E-state index in [4.69, 9.17) is 0 Å². The molecular formula is C15H21ClN4O2. The molecule has 1 aromatic carbocycles. The van der Waals surface area contributed by atoms with Crippen molar-refractivity contribution in [3.63, 3.8) is 0 Å². The SMILES string of the molecule is Cc1c([N+](=O)[O-])ccc2c(NCCCN(C)C)ccnc12.Cl. The molecule has 0 amide bonds. The summed E-state index contributed by atoms with van der Waals surface area (Å²) in [6.07, 6.45) is 2.72. The number of aryl methyl sites for hydroxylation is 1. The Kier molecular flexibility index (Phi) is 6.52. The van der Waals surface area contributed by atoms with Gasteiger partial charge in [-0.05, 0) is 46.1 Å². The van der Waals surface area contributed by atoms with Crippen LogP contribution < -0.4 is 5.32 Å². The van der Waals surface area contributed by atoms with Gasteiger partial charge in [0.2, 0.25) is 0 Å². The minimum atomic E-state index is -0.367. The Hall–Kier alpha value is -1.92. The van der Waals surface area contributed by atoms with Gasteiger partial charge in [0.15, 0.2) is 0 Å². The Morgan fingerprint density at radius 2 is 2.05 bits per heavy atom. The maximum atomic E-state index is 11.0. The van der Waals surface area contributed by atoms with Crippen LogP contribution in [0, 0.1) is 17.0 Å². The zero-order valence-electron chi connectivity index (χ0n) is 13.0. The van der Waals surface area contributed by atoms with Crippen molar-refractivity contribution >= 4 is 34.7 Å². The topological polar surface area (TPSA) is 71.3 Å². The van der Waals surface area contributed by atoms with Gasteiger partial charge < -0.3 is 10.2 Å². The smallest absolute Gasteiger partial charge is 0.274 e. The lowest BCUT2D eigenvalue weighted by atomic mass is 10.1. The summed E-state index contributed by atoms with van der Waals surface area (Å²) in [4.78, 5) is 17.0. The van der Waals surface area contributed by atoms with Gasteiger partial charge in [0.1, 0.15) is 0 Å². The van der Waals surface area contributed by atoms with Crippen LogP contribution in [0.5, 0.6) is 0 Å². The Balaban J connectivity index is 0.00000242. The first kappa shape index (κ1) is 18.1. The first-order valence-corrected chi connectivity index (χ1v) is 6.92. The number of hydrogen-bond acceptors (Lipinski definition) is 5. The van der Waals surface area contributed by atoms with Crippen molar-refractivity contribution in [2.45, 2.75) is 13.3 Å². The van der Waals surface area contributed by atoms with Crippen molar-refractivity contribution < 1.29 is 4.92 Å². The number of aromatic nitrogens is 1. The predicted molar refractivity (Wildman–Crippen MR) is 92.0 cm³/mol. The maximum Gasteiger partial charge on any atom is 0.274 e. The molecule has 0 atom stereocenters. The number of halogens is 1. The van der Waals surface area contributed by atoms with Crippen LogP contribution in [-0.2, 0) is 0 Å². The summed E-state index contributed by atoms with van der Waals surface area (Å²) >= 11 is 0. The number of fused-ring (bicyclic) bond motifs is 1. The summed E-state index contributed by atoms with van der Waals surface area (Å²) in [5.74, 6) is 0. The van der Waals surface area contributed by atoms with Crippen molar-refractivity contribution in [3.8, 4) is 0 Å². The molecule has 1 aromatic heterocycles. The normalized spacial score (nSPS) is 10.5. The lowest BCUT2D eigenvalue weighted by Crippen LogP contribution is -2.16. The van der Waals surface area contributed by atoms with Crippen LogP contribution in [0.1, 0.15) is 12.0 Å². The minimum absolute atomic E-state index is 0. The van der Waals surface area contributed by atoms with Gasteiger partial charge in [0.05, 0.1) is 16.0 Å². The third-order valence-corrected chi connectivity index (χ3v) is 3.43. The minimum Gasteiger partial charge on any atom is -0.384 e. The second-order valence-electron chi connectivity index (χ2n) is 5.31. The molecule has 0 aliphatic rings. The standard InChI is InChI=1S/C15H20N4O2.ClH/c1-11-14(19(20)21)6-5-12-13(7-9-17-15(11)12)16-8-4-10-18(2)3;/h5-7,9H,4,8,10H2,1-3H3,(H,16,17);1H. The molecule has 22 heavy (non-hydrogen) atoms. The van der Waals surface area contributed by atoms with Gasteiger partial charge in [-0.1, -0.05) is 0 Å². The zero-order chi connectivity index (χ0) is 15.4. The van der Waals surface area contributed by atoms with E-state index in [1.54, 1.807) is 25.3 Å². The number of rotatable bonds is 6. The van der Waals surface area contributed by atoms with E-state index in [1.807, 2.05) is 20.2 Å². The van der Waals surface area contributed by atoms with E-state index in [0.717, 1.165) is 30.6 Å². The van der Waals surface area contributed by atoms with Crippen LogP contribution in [-0.4, -0.2) is 42.0 Å². The number of nitro groups is 1.